The summed E-state index contributed by atoms with van der Waals surface area (Å²) in [6, 6.07) is 0. The van der Waals surface area contributed by atoms with Crippen molar-refractivity contribution in [1.82, 2.24) is 0 Å². The van der Waals surface area contributed by atoms with Crippen molar-refractivity contribution in [3.63, 3.8) is 0 Å². The number of hydrogen-bond donors (Lipinski definition) is 0. The monoisotopic (exact) mass is 150 g/mol. The molecule has 0 rings (SSSR count). The van der Waals surface area contributed by atoms with E-state index in [2.05, 4.69) is 29.5 Å². The minimum atomic E-state index is -0.941. The van der Waals surface area contributed by atoms with E-state index in [0.717, 1.165) is 0 Å². The number of rotatable bonds is 2. The fraction of sp³-hybridized carbons (Fsp3) is 0. The SMILES string of the molecule is Cl[O][Ti][O]Cl. The van der Waals surface area contributed by atoms with Crippen LogP contribution in [-0.4, -0.2) is 0 Å². The molecule has 0 aliphatic rings. The Morgan fingerprint density at radius 2 is 1.60 bits per heavy atom. The van der Waals surface area contributed by atoms with Crippen LogP contribution in [0.4, 0.5) is 0 Å². The first kappa shape index (κ1) is 6.21. The van der Waals surface area contributed by atoms with Crippen LogP contribution in [-0.2, 0) is 25.7 Å². The van der Waals surface area contributed by atoms with Gasteiger partial charge in [0, 0.05) is 0 Å². The third-order valence-corrected chi connectivity index (χ3v) is 0.779. The van der Waals surface area contributed by atoms with E-state index >= 15 is 0 Å². The molecule has 0 aromatic carbocycles. The van der Waals surface area contributed by atoms with Crippen LogP contribution in [0.3, 0.4) is 0 Å². The van der Waals surface area contributed by atoms with Gasteiger partial charge >= 0.3 is 49.4 Å². The Hall–Kier alpha value is 1.21. The van der Waals surface area contributed by atoms with Gasteiger partial charge in [-0.1, -0.05) is 0 Å². The first-order chi connectivity index (χ1) is 2.41. The summed E-state index contributed by atoms with van der Waals surface area (Å²) in [5.41, 5.74) is 0. The van der Waals surface area contributed by atoms with E-state index in [0.29, 0.717) is 0 Å². The average Bonchev–Trinajstić information content (AvgIpc) is 1.41. The van der Waals surface area contributed by atoms with Gasteiger partial charge < -0.3 is 0 Å². The molecular weight excluding hydrogens is 151 g/mol. The molecule has 0 radical (unpaired) electrons. The molecule has 0 N–H and O–H groups in total. The normalized spacial score (nSPS) is 7.60. The predicted molar refractivity (Wildman–Crippen MR) is 13.9 cm³/mol. The summed E-state index contributed by atoms with van der Waals surface area (Å²) in [7, 11) is 0. The fourth-order valence-electron chi connectivity index (χ4n) is 0.0119. The second kappa shape index (κ2) is 5.21. The molecule has 0 atom stereocenters. The summed E-state index contributed by atoms with van der Waals surface area (Å²) in [5, 5.41) is 0. The van der Waals surface area contributed by atoms with Gasteiger partial charge in [-0.3, -0.25) is 0 Å². The molecular formula is Cl2O2Ti. The molecule has 0 aliphatic carbocycles. The van der Waals surface area contributed by atoms with E-state index in [1.165, 1.54) is 0 Å². The van der Waals surface area contributed by atoms with Crippen molar-refractivity contribution in [1.29, 1.82) is 0 Å². The van der Waals surface area contributed by atoms with Gasteiger partial charge in [0.15, 0.2) is 0 Å². The Morgan fingerprint density at radius 1 is 1.20 bits per heavy atom. The van der Waals surface area contributed by atoms with Crippen molar-refractivity contribution in [2.75, 3.05) is 0 Å². The molecule has 0 unspecified atom stereocenters. The first-order valence-corrected chi connectivity index (χ1v) is 2.61. The van der Waals surface area contributed by atoms with Crippen molar-refractivity contribution in [2.24, 2.45) is 0 Å². The van der Waals surface area contributed by atoms with Gasteiger partial charge in [-0.05, 0) is 0 Å². The van der Waals surface area contributed by atoms with Gasteiger partial charge in [-0.25, -0.2) is 0 Å². The van der Waals surface area contributed by atoms with E-state index in [-0.39, 0.29) is 0 Å². The second-order valence-electron chi connectivity index (χ2n) is 0.238. The summed E-state index contributed by atoms with van der Waals surface area (Å²) in [6.45, 7) is 0. The Kier molecular flexibility index (Phi) is 6.48. The average molecular weight is 151 g/mol. The molecule has 0 saturated carbocycles. The molecule has 0 amide bonds. The summed E-state index contributed by atoms with van der Waals surface area (Å²) in [4.78, 5) is 0. The van der Waals surface area contributed by atoms with Crippen LogP contribution < -0.4 is 0 Å². The molecule has 5 heavy (non-hydrogen) atoms. The van der Waals surface area contributed by atoms with Crippen molar-refractivity contribution in [3.05, 3.63) is 0 Å². The van der Waals surface area contributed by atoms with E-state index in [4.69, 9.17) is 0 Å². The van der Waals surface area contributed by atoms with E-state index in [1.807, 2.05) is 0 Å². The maximum absolute atomic E-state index is 4.65. The van der Waals surface area contributed by atoms with Crippen molar-refractivity contribution in [3.8, 4) is 0 Å². The maximum atomic E-state index is 4.65. The second-order valence-corrected chi connectivity index (χ2v) is 2.25. The topological polar surface area (TPSA) is 18.5 Å². The summed E-state index contributed by atoms with van der Waals surface area (Å²) < 4.78 is 7.87. The Labute approximate surface area is 49.6 Å². The molecule has 0 spiro atoms. The van der Waals surface area contributed by atoms with E-state index in [1.54, 1.807) is 0 Å². The summed E-state index contributed by atoms with van der Waals surface area (Å²) in [5.74, 6) is 0. The molecule has 0 aliphatic heterocycles. The van der Waals surface area contributed by atoms with Gasteiger partial charge in [-0.2, -0.15) is 0 Å². The molecule has 0 heterocycles. The zero-order valence-electron chi connectivity index (χ0n) is 2.07. The third kappa shape index (κ3) is 5.21. The third-order valence-electron chi connectivity index (χ3n) is 0.0630. The van der Waals surface area contributed by atoms with Gasteiger partial charge in [0.25, 0.3) is 0 Å². The van der Waals surface area contributed by atoms with Crippen molar-refractivity contribution in [2.45, 2.75) is 0 Å². The van der Waals surface area contributed by atoms with Crippen LogP contribution in [0.1, 0.15) is 0 Å². The van der Waals surface area contributed by atoms with E-state index in [9.17, 15) is 0 Å². The van der Waals surface area contributed by atoms with Gasteiger partial charge in [-0.15, -0.1) is 0 Å². The first-order valence-electron chi connectivity index (χ1n) is 0.717. The molecule has 0 saturated heterocycles. The Bertz CT molecular complexity index is 15.1. The molecule has 0 aromatic heterocycles. The molecule has 0 aromatic rings. The zero-order valence-corrected chi connectivity index (χ0v) is 5.15. The summed E-state index contributed by atoms with van der Waals surface area (Å²) >= 11 is 8.35. The Morgan fingerprint density at radius 3 is 1.60 bits per heavy atom. The van der Waals surface area contributed by atoms with Crippen LogP contribution in [0, 0.1) is 0 Å². The molecule has 30 valence electrons. The number of halogens is 2. The van der Waals surface area contributed by atoms with Crippen LogP contribution in [0.2, 0.25) is 0 Å². The fourth-order valence-corrected chi connectivity index (χ4v) is 0.442. The summed E-state index contributed by atoms with van der Waals surface area (Å²) in [6.07, 6.45) is 0. The van der Waals surface area contributed by atoms with Crippen molar-refractivity contribution < 1.29 is 25.7 Å². The van der Waals surface area contributed by atoms with Gasteiger partial charge in [0.1, 0.15) is 0 Å². The minimum absolute atomic E-state index is 0.941. The van der Waals surface area contributed by atoms with Gasteiger partial charge in [0.2, 0.25) is 0 Å². The zero-order chi connectivity index (χ0) is 4.12. The number of hydrogen-bond acceptors (Lipinski definition) is 2. The Balaban J connectivity index is 2.19. The molecule has 0 fully saturated rings. The molecule has 5 heteroatoms. The van der Waals surface area contributed by atoms with Crippen LogP contribution in [0.15, 0.2) is 0 Å². The van der Waals surface area contributed by atoms with Gasteiger partial charge in [0.05, 0.1) is 0 Å². The van der Waals surface area contributed by atoms with Crippen LogP contribution in [0.5, 0.6) is 0 Å². The van der Waals surface area contributed by atoms with Crippen LogP contribution in [0.25, 0.3) is 0 Å². The van der Waals surface area contributed by atoms with E-state index < -0.39 is 19.9 Å². The predicted octanol–water partition coefficient (Wildman–Crippen LogP) is 1.24. The van der Waals surface area contributed by atoms with Crippen LogP contribution >= 0.6 is 23.7 Å². The standard InChI is InChI=1S/2ClO.Ti/c2*1-2;/q2*-1;+2. The van der Waals surface area contributed by atoms with Crippen molar-refractivity contribution >= 4 is 23.7 Å². The molecule has 2 nitrogen and oxygen atoms in total. The molecule has 0 bridgehead atoms. The quantitative estimate of drug-likeness (QED) is 0.552.